The van der Waals surface area contributed by atoms with Crippen LogP contribution in [0, 0.1) is 12.8 Å². The van der Waals surface area contributed by atoms with E-state index in [1.165, 1.54) is 41.3 Å². The molecule has 0 radical (unpaired) electrons. The van der Waals surface area contributed by atoms with Gasteiger partial charge >= 0.3 is 0 Å². The van der Waals surface area contributed by atoms with Gasteiger partial charge in [-0.2, -0.15) is 0 Å². The van der Waals surface area contributed by atoms with Gasteiger partial charge in [-0.25, -0.2) is 0 Å². The number of ether oxygens (including phenoxy) is 1. The van der Waals surface area contributed by atoms with E-state index in [0.29, 0.717) is 0 Å². The number of aryl methyl sites for hydroxylation is 2. The fourth-order valence-corrected chi connectivity index (χ4v) is 3.01. The SMILES string of the molecule is Cc1ccc2c(c1)c(CC1CCOCC1)cn2C. The molecule has 2 heteroatoms. The smallest absolute Gasteiger partial charge is 0.0480 e. The van der Waals surface area contributed by atoms with Crippen molar-refractivity contribution >= 4 is 10.9 Å². The lowest BCUT2D eigenvalue weighted by Gasteiger charge is -2.21. The molecule has 18 heavy (non-hydrogen) atoms. The molecule has 1 saturated heterocycles. The average Bonchev–Trinajstić information content (AvgIpc) is 2.67. The minimum Gasteiger partial charge on any atom is -0.381 e. The van der Waals surface area contributed by atoms with Gasteiger partial charge in [-0.05, 0) is 49.8 Å². The molecule has 0 spiro atoms. The zero-order chi connectivity index (χ0) is 12.5. The summed E-state index contributed by atoms with van der Waals surface area (Å²) in [6.45, 7) is 4.05. The van der Waals surface area contributed by atoms with Gasteiger partial charge < -0.3 is 9.30 Å². The fourth-order valence-electron chi connectivity index (χ4n) is 3.01. The van der Waals surface area contributed by atoms with Gasteiger partial charge in [0, 0.05) is 37.4 Å². The number of benzene rings is 1. The maximum Gasteiger partial charge on any atom is 0.0480 e. The van der Waals surface area contributed by atoms with Crippen molar-refractivity contribution in [2.45, 2.75) is 26.2 Å². The Morgan fingerprint density at radius 2 is 2.06 bits per heavy atom. The van der Waals surface area contributed by atoms with Crippen molar-refractivity contribution in [3.8, 4) is 0 Å². The zero-order valence-corrected chi connectivity index (χ0v) is 11.3. The summed E-state index contributed by atoms with van der Waals surface area (Å²) in [7, 11) is 2.14. The van der Waals surface area contributed by atoms with Gasteiger partial charge in [0.2, 0.25) is 0 Å². The maximum absolute atomic E-state index is 5.44. The standard InChI is InChI=1S/C16H21NO/c1-12-3-4-16-15(9-12)14(11-17(16)2)10-13-5-7-18-8-6-13/h3-4,9,11,13H,5-8,10H2,1-2H3. The summed E-state index contributed by atoms with van der Waals surface area (Å²) in [5, 5.41) is 1.43. The van der Waals surface area contributed by atoms with Crippen molar-refractivity contribution in [2.24, 2.45) is 13.0 Å². The van der Waals surface area contributed by atoms with Crippen molar-refractivity contribution in [3.05, 3.63) is 35.5 Å². The Morgan fingerprint density at radius 3 is 2.83 bits per heavy atom. The first kappa shape index (κ1) is 11.8. The van der Waals surface area contributed by atoms with Crippen LogP contribution in [0.3, 0.4) is 0 Å². The Morgan fingerprint density at radius 1 is 1.28 bits per heavy atom. The minimum atomic E-state index is 0.796. The summed E-state index contributed by atoms with van der Waals surface area (Å²) in [5.41, 5.74) is 4.20. The molecule has 3 rings (SSSR count). The topological polar surface area (TPSA) is 14.2 Å². The first-order valence-electron chi connectivity index (χ1n) is 6.86. The third-order valence-electron chi connectivity index (χ3n) is 4.08. The van der Waals surface area contributed by atoms with E-state index in [0.717, 1.165) is 19.1 Å². The van der Waals surface area contributed by atoms with Gasteiger partial charge in [-0.15, -0.1) is 0 Å². The molecular formula is C16H21NO. The van der Waals surface area contributed by atoms with Crippen molar-refractivity contribution < 1.29 is 4.74 Å². The number of rotatable bonds is 2. The van der Waals surface area contributed by atoms with Crippen molar-refractivity contribution in [2.75, 3.05) is 13.2 Å². The van der Waals surface area contributed by atoms with Gasteiger partial charge in [0.15, 0.2) is 0 Å². The predicted octanol–water partition coefficient (Wildman–Crippen LogP) is 3.46. The second kappa shape index (κ2) is 4.77. The monoisotopic (exact) mass is 243 g/mol. The lowest BCUT2D eigenvalue weighted by atomic mass is 9.92. The van der Waals surface area contributed by atoms with Gasteiger partial charge in [0.25, 0.3) is 0 Å². The van der Waals surface area contributed by atoms with E-state index in [2.05, 4.69) is 42.9 Å². The normalized spacial score (nSPS) is 17.4. The van der Waals surface area contributed by atoms with Crippen molar-refractivity contribution in [3.63, 3.8) is 0 Å². The molecule has 1 aromatic heterocycles. The van der Waals surface area contributed by atoms with E-state index >= 15 is 0 Å². The molecule has 1 fully saturated rings. The molecular weight excluding hydrogens is 222 g/mol. The first-order chi connectivity index (χ1) is 8.74. The number of hydrogen-bond acceptors (Lipinski definition) is 1. The molecule has 0 atom stereocenters. The average molecular weight is 243 g/mol. The van der Waals surface area contributed by atoms with Crippen LogP contribution in [-0.2, 0) is 18.2 Å². The fraction of sp³-hybridized carbons (Fsp3) is 0.500. The van der Waals surface area contributed by atoms with Crippen LogP contribution >= 0.6 is 0 Å². The van der Waals surface area contributed by atoms with E-state index in [1.54, 1.807) is 0 Å². The van der Waals surface area contributed by atoms with Crippen LogP contribution in [0.4, 0.5) is 0 Å². The molecule has 2 aromatic rings. The Bertz CT molecular complexity index is 549. The number of hydrogen-bond donors (Lipinski definition) is 0. The van der Waals surface area contributed by atoms with Crippen LogP contribution in [0.25, 0.3) is 10.9 Å². The van der Waals surface area contributed by atoms with Crippen LogP contribution in [0.5, 0.6) is 0 Å². The highest BCUT2D eigenvalue weighted by Crippen LogP contribution is 2.27. The highest BCUT2D eigenvalue weighted by atomic mass is 16.5. The molecule has 0 saturated carbocycles. The Balaban J connectivity index is 1.93. The van der Waals surface area contributed by atoms with Gasteiger partial charge in [0.05, 0.1) is 0 Å². The minimum absolute atomic E-state index is 0.796. The molecule has 0 N–H and O–H groups in total. The second-order valence-electron chi connectivity index (χ2n) is 5.55. The largest absolute Gasteiger partial charge is 0.381 e. The summed E-state index contributed by atoms with van der Waals surface area (Å²) in [6.07, 6.45) is 5.92. The Labute approximate surface area is 109 Å². The lowest BCUT2D eigenvalue weighted by molar-refractivity contribution is 0.0666. The lowest BCUT2D eigenvalue weighted by Crippen LogP contribution is -2.17. The predicted molar refractivity (Wildman–Crippen MR) is 74.9 cm³/mol. The first-order valence-corrected chi connectivity index (χ1v) is 6.86. The number of nitrogens with zero attached hydrogens (tertiary/aromatic N) is 1. The maximum atomic E-state index is 5.44. The highest BCUT2D eigenvalue weighted by Gasteiger charge is 2.16. The number of fused-ring (bicyclic) bond motifs is 1. The van der Waals surface area contributed by atoms with E-state index in [4.69, 9.17) is 4.74 Å². The highest BCUT2D eigenvalue weighted by molar-refractivity contribution is 5.84. The van der Waals surface area contributed by atoms with Crippen LogP contribution in [0.15, 0.2) is 24.4 Å². The van der Waals surface area contributed by atoms with Crippen molar-refractivity contribution in [1.82, 2.24) is 4.57 Å². The van der Waals surface area contributed by atoms with Crippen LogP contribution in [0.1, 0.15) is 24.0 Å². The van der Waals surface area contributed by atoms with Crippen LogP contribution in [-0.4, -0.2) is 17.8 Å². The summed E-state index contributed by atoms with van der Waals surface area (Å²) in [5.74, 6) is 0.796. The van der Waals surface area contributed by atoms with E-state index in [9.17, 15) is 0 Å². The quantitative estimate of drug-likeness (QED) is 0.788. The Hall–Kier alpha value is -1.28. The van der Waals surface area contributed by atoms with E-state index in [1.807, 2.05) is 0 Å². The van der Waals surface area contributed by atoms with E-state index in [-0.39, 0.29) is 0 Å². The summed E-state index contributed by atoms with van der Waals surface area (Å²) < 4.78 is 7.70. The van der Waals surface area contributed by atoms with Gasteiger partial charge in [-0.1, -0.05) is 11.6 Å². The van der Waals surface area contributed by atoms with E-state index < -0.39 is 0 Å². The van der Waals surface area contributed by atoms with Crippen molar-refractivity contribution in [1.29, 1.82) is 0 Å². The second-order valence-corrected chi connectivity index (χ2v) is 5.55. The van der Waals surface area contributed by atoms with Gasteiger partial charge in [0.1, 0.15) is 0 Å². The summed E-state index contributed by atoms with van der Waals surface area (Å²) >= 11 is 0. The Kier molecular flexibility index (Phi) is 3.13. The molecule has 0 amide bonds. The number of aromatic nitrogens is 1. The molecule has 0 unspecified atom stereocenters. The molecule has 96 valence electrons. The molecule has 1 aliphatic heterocycles. The molecule has 1 aromatic carbocycles. The van der Waals surface area contributed by atoms with Gasteiger partial charge in [-0.3, -0.25) is 0 Å². The third kappa shape index (κ3) is 2.17. The summed E-state index contributed by atoms with van der Waals surface area (Å²) in [4.78, 5) is 0. The van der Waals surface area contributed by atoms with Crippen LogP contribution < -0.4 is 0 Å². The molecule has 0 bridgehead atoms. The molecule has 2 nitrogen and oxygen atoms in total. The zero-order valence-electron chi connectivity index (χ0n) is 11.3. The molecule has 2 heterocycles. The summed E-state index contributed by atoms with van der Waals surface area (Å²) in [6, 6.07) is 6.75. The van der Waals surface area contributed by atoms with Crippen LogP contribution in [0.2, 0.25) is 0 Å². The molecule has 0 aliphatic carbocycles. The third-order valence-corrected chi connectivity index (χ3v) is 4.08. The molecule has 1 aliphatic rings.